The van der Waals surface area contributed by atoms with Gasteiger partial charge in [0.15, 0.2) is 11.6 Å². The molecule has 0 aliphatic rings. The maximum atomic E-state index is 14.8. The number of nitrogens with zero attached hydrogens (tertiary/aromatic N) is 1. The van der Waals surface area contributed by atoms with Crippen molar-refractivity contribution in [1.82, 2.24) is 0 Å². The van der Waals surface area contributed by atoms with Gasteiger partial charge in [0.1, 0.15) is 17.3 Å². The van der Waals surface area contributed by atoms with Gasteiger partial charge in [0.25, 0.3) is 0 Å². The van der Waals surface area contributed by atoms with Crippen LogP contribution in [0.3, 0.4) is 0 Å². The molecule has 160 valence electrons. The van der Waals surface area contributed by atoms with Gasteiger partial charge in [-0.3, -0.25) is 0 Å². The van der Waals surface area contributed by atoms with E-state index < -0.39 is 40.6 Å². The molecule has 3 aromatic rings. The molecule has 0 saturated heterocycles. The van der Waals surface area contributed by atoms with Crippen LogP contribution in [0.4, 0.5) is 27.6 Å². The Balaban J connectivity index is 1.97. The van der Waals surface area contributed by atoms with Crippen LogP contribution in [-0.4, -0.2) is 5.16 Å². The van der Waals surface area contributed by atoms with E-state index in [0.29, 0.717) is 28.8 Å². The molecule has 0 aliphatic carbocycles. The second-order valence-corrected chi connectivity index (χ2v) is 7.21. The highest BCUT2D eigenvalue weighted by Gasteiger charge is 2.37. The molecule has 0 unspecified atom stereocenters. The molecule has 0 fully saturated rings. The fraction of sp³-hybridized carbons (Fsp3) is 0.174. The van der Waals surface area contributed by atoms with E-state index in [-0.39, 0.29) is 5.56 Å². The Morgan fingerprint density at radius 3 is 2.06 bits per heavy atom. The van der Waals surface area contributed by atoms with E-state index in [4.69, 9.17) is 0 Å². The van der Waals surface area contributed by atoms with E-state index in [2.05, 4.69) is 21.9 Å². The largest absolute Gasteiger partial charge is 0.429 e. The summed E-state index contributed by atoms with van der Waals surface area (Å²) in [6.07, 6.45) is -3.91. The summed E-state index contributed by atoms with van der Waals surface area (Å²) < 4.78 is 76.4. The van der Waals surface area contributed by atoms with Crippen LogP contribution in [0, 0.1) is 38.2 Å². The number of aryl methyl sites for hydroxylation is 3. The Labute approximate surface area is 181 Å². The fourth-order valence-electron chi connectivity index (χ4n) is 3.38. The summed E-state index contributed by atoms with van der Waals surface area (Å²) in [6, 6.07) is 8.17. The minimum Gasteiger partial charge on any atom is -0.429 e. The minimum atomic E-state index is -3.91. The average Bonchev–Trinajstić information content (AvgIpc) is 2.63. The van der Waals surface area contributed by atoms with Gasteiger partial charge < -0.3 is 4.74 Å². The van der Waals surface area contributed by atoms with Crippen LogP contribution in [0.25, 0.3) is 11.1 Å². The van der Waals surface area contributed by atoms with E-state index in [9.17, 15) is 22.0 Å². The number of benzene rings is 3. The molecule has 0 radical (unpaired) electrons. The maximum Gasteiger partial charge on any atom is 0.426 e. The van der Waals surface area contributed by atoms with Crippen molar-refractivity contribution in [3.63, 3.8) is 0 Å². The van der Waals surface area contributed by atoms with Crippen LogP contribution in [0.1, 0.15) is 22.3 Å². The molecule has 0 amide bonds. The van der Waals surface area contributed by atoms with Gasteiger partial charge in [-0.05, 0) is 67.4 Å². The van der Waals surface area contributed by atoms with Crippen molar-refractivity contribution in [2.24, 2.45) is 4.99 Å². The Morgan fingerprint density at radius 1 is 0.871 bits per heavy atom. The zero-order valence-electron chi connectivity index (χ0n) is 16.7. The van der Waals surface area contributed by atoms with Crippen LogP contribution in [0.5, 0.6) is 5.75 Å². The number of alkyl halides is 2. The minimum absolute atomic E-state index is 0.116. The molecular weight excluding hydrogens is 433 g/mol. The highest BCUT2D eigenvalue weighted by molar-refractivity contribution is 7.78. The summed E-state index contributed by atoms with van der Waals surface area (Å²) in [5.41, 5.74) is 0.982. The molecule has 0 aliphatic heterocycles. The lowest BCUT2D eigenvalue weighted by atomic mass is 9.95. The number of rotatable bonds is 5. The monoisotopic (exact) mass is 449 g/mol. The zero-order chi connectivity index (χ0) is 22.9. The van der Waals surface area contributed by atoms with Crippen molar-refractivity contribution in [2.45, 2.75) is 26.9 Å². The quantitative estimate of drug-likeness (QED) is 0.228. The first-order valence-corrected chi connectivity index (χ1v) is 9.46. The lowest BCUT2D eigenvalue weighted by molar-refractivity contribution is -0.186. The molecule has 0 N–H and O–H groups in total. The number of thiocarbonyl (C=S) groups is 1. The second kappa shape index (κ2) is 8.57. The Bertz CT molecular complexity index is 1170. The molecule has 3 rings (SSSR count). The van der Waals surface area contributed by atoms with Crippen molar-refractivity contribution in [3.05, 3.63) is 82.2 Å². The van der Waals surface area contributed by atoms with Gasteiger partial charge in [-0.2, -0.15) is 13.8 Å². The predicted molar refractivity (Wildman–Crippen MR) is 112 cm³/mol. The van der Waals surface area contributed by atoms with E-state index >= 15 is 0 Å². The highest BCUT2D eigenvalue weighted by Crippen LogP contribution is 2.38. The summed E-state index contributed by atoms with van der Waals surface area (Å²) in [5.74, 6) is -3.63. The Kier molecular flexibility index (Phi) is 6.25. The number of isothiocyanates is 1. The van der Waals surface area contributed by atoms with Crippen LogP contribution in [0.2, 0.25) is 0 Å². The first-order valence-electron chi connectivity index (χ1n) is 9.05. The Hall–Kier alpha value is -3.09. The van der Waals surface area contributed by atoms with E-state index in [1.54, 1.807) is 19.9 Å². The SMILES string of the molecule is Cc1cc(C)c(-c2ccc(C(F)(F)Oc3cc(F)c(N=C=S)c(F)c3)c(C)c2)c(F)c1. The third-order valence-corrected chi connectivity index (χ3v) is 4.75. The first-order chi connectivity index (χ1) is 14.5. The van der Waals surface area contributed by atoms with E-state index in [0.717, 1.165) is 11.6 Å². The summed E-state index contributed by atoms with van der Waals surface area (Å²) in [7, 11) is 0. The molecule has 3 aromatic carbocycles. The van der Waals surface area contributed by atoms with Gasteiger partial charge in [-0.1, -0.05) is 18.2 Å². The van der Waals surface area contributed by atoms with Gasteiger partial charge in [-0.25, -0.2) is 13.2 Å². The van der Waals surface area contributed by atoms with Crippen LogP contribution in [-0.2, 0) is 6.11 Å². The molecule has 2 nitrogen and oxygen atoms in total. The lowest BCUT2D eigenvalue weighted by Gasteiger charge is -2.21. The van der Waals surface area contributed by atoms with Crippen molar-refractivity contribution in [2.75, 3.05) is 0 Å². The van der Waals surface area contributed by atoms with Crippen molar-refractivity contribution >= 4 is 23.1 Å². The van der Waals surface area contributed by atoms with Gasteiger partial charge in [0.2, 0.25) is 0 Å². The molecule has 8 heteroatoms. The molecular formula is C23H16F5NOS. The number of halogens is 5. The number of ether oxygens (including phenoxy) is 1. The van der Waals surface area contributed by atoms with Gasteiger partial charge in [0.05, 0.1) is 10.7 Å². The van der Waals surface area contributed by atoms with Crippen molar-refractivity contribution in [3.8, 4) is 16.9 Å². The van der Waals surface area contributed by atoms with Gasteiger partial charge in [0, 0.05) is 17.7 Å². The number of aliphatic imine (C=N–C) groups is 1. The summed E-state index contributed by atoms with van der Waals surface area (Å²) in [5, 5.41) is 1.81. The lowest BCUT2D eigenvalue weighted by Crippen LogP contribution is -2.23. The van der Waals surface area contributed by atoms with Crippen LogP contribution in [0.15, 0.2) is 47.5 Å². The second-order valence-electron chi connectivity index (χ2n) is 7.03. The normalized spacial score (nSPS) is 11.2. The molecule has 0 atom stereocenters. The molecule has 0 saturated carbocycles. The van der Waals surface area contributed by atoms with Crippen molar-refractivity contribution < 1.29 is 26.7 Å². The third kappa shape index (κ3) is 4.65. The highest BCUT2D eigenvalue weighted by atomic mass is 32.1. The number of hydrogen-bond acceptors (Lipinski definition) is 3. The number of hydrogen-bond donors (Lipinski definition) is 0. The summed E-state index contributed by atoms with van der Waals surface area (Å²) >= 11 is 4.30. The topological polar surface area (TPSA) is 21.6 Å². The summed E-state index contributed by atoms with van der Waals surface area (Å²) in [6.45, 7) is 4.90. The standard InChI is InChI=1S/C23H16F5NOS/c1-12-6-14(3)21(18(24)7-12)15-4-5-17(13(2)8-15)23(27,28)30-16-9-19(25)22(29-11-31)20(26)10-16/h4-10H,1-3H3. The Morgan fingerprint density at radius 2 is 1.52 bits per heavy atom. The first kappa shape index (κ1) is 22.6. The van der Waals surface area contributed by atoms with E-state index in [1.165, 1.54) is 25.1 Å². The average molecular weight is 449 g/mol. The fourth-order valence-corrected chi connectivity index (χ4v) is 3.47. The maximum absolute atomic E-state index is 14.8. The smallest absolute Gasteiger partial charge is 0.426 e. The van der Waals surface area contributed by atoms with Gasteiger partial charge in [-0.15, -0.1) is 0 Å². The van der Waals surface area contributed by atoms with Gasteiger partial charge >= 0.3 is 6.11 Å². The molecule has 0 bridgehead atoms. The van der Waals surface area contributed by atoms with Crippen LogP contribution >= 0.6 is 12.2 Å². The van der Waals surface area contributed by atoms with Crippen LogP contribution < -0.4 is 4.74 Å². The molecule has 0 aromatic heterocycles. The third-order valence-electron chi connectivity index (χ3n) is 4.65. The zero-order valence-corrected chi connectivity index (χ0v) is 17.5. The summed E-state index contributed by atoms with van der Waals surface area (Å²) in [4.78, 5) is 3.21. The predicted octanol–water partition coefficient (Wildman–Crippen LogP) is 7.56. The van der Waals surface area contributed by atoms with E-state index in [1.807, 2.05) is 5.16 Å². The van der Waals surface area contributed by atoms with Crippen molar-refractivity contribution in [1.29, 1.82) is 0 Å². The molecule has 31 heavy (non-hydrogen) atoms. The molecule has 0 heterocycles. The molecule has 0 spiro atoms.